The molecule has 2 aliphatic rings. The molecule has 2 N–H and O–H groups in total. The van der Waals surface area contributed by atoms with Crippen molar-refractivity contribution < 1.29 is 33.3 Å². The largest absolute Gasteiger partial charge is 0.480 e. The Hall–Kier alpha value is -2.84. The summed E-state index contributed by atoms with van der Waals surface area (Å²) in [4.78, 5) is 24.7. The Kier molecular flexibility index (Phi) is 4.43. The summed E-state index contributed by atoms with van der Waals surface area (Å²) in [6.45, 7) is 0.658. The first-order valence-corrected chi connectivity index (χ1v) is 9.10. The van der Waals surface area contributed by atoms with E-state index < -0.39 is 24.1 Å². The van der Waals surface area contributed by atoms with Crippen molar-refractivity contribution in [3.8, 4) is 11.1 Å². The fourth-order valence-corrected chi connectivity index (χ4v) is 3.94. The summed E-state index contributed by atoms with van der Waals surface area (Å²) in [7, 11) is 0. The summed E-state index contributed by atoms with van der Waals surface area (Å²) in [5, 5.41) is 19.7. The molecule has 1 heterocycles. The number of carbonyl (C=O) groups excluding carboxylic acids is 1. The molecule has 0 aromatic heterocycles. The molecule has 2 aromatic rings. The lowest BCUT2D eigenvalue weighted by Crippen LogP contribution is -2.55. The Bertz CT molecular complexity index is 997. The van der Waals surface area contributed by atoms with Crippen LogP contribution in [-0.4, -0.2) is 58.7 Å². The van der Waals surface area contributed by atoms with Crippen LogP contribution in [-0.2, 0) is 15.1 Å². The number of rotatable bonds is 5. The Morgan fingerprint density at radius 1 is 1.17 bits per heavy atom. The summed E-state index contributed by atoms with van der Waals surface area (Å²) >= 11 is 0. The van der Waals surface area contributed by atoms with Crippen LogP contribution in [0.1, 0.15) is 28.4 Å². The van der Waals surface area contributed by atoms with E-state index >= 15 is 0 Å². The average Bonchev–Trinajstić information content (AvgIpc) is 2.90. The second-order valence-corrected chi connectivity index (χ2v) is 7.44. The van der Waals surface area contributed by atoms with E-state index in [0.717, 1.165) is 0 Å². The lowest BCUT2D eigenvalue weighted by atomic mass is 9.85. The molecule has 1 unspecified atom stereocenters. The van der Waals surface area contributed by atoms with Crippen LogP contribution in [0.4, 0.5) is 8.78 Å². The number of likely N-dealkylation sites (tertiary alicyclic amines) is 1. The molecule has 1 aliphatic carbocycles. The Labute approximate surface area is 165 Å². The second-order valence-electron chi connectivity index (χ2n) is 7.44. The minimum absolute atomic E-state index is 0.00347. The van der Waals surface area contributed by atoms with Crippen molar-refractivity contribution in [1.29, 1.82) is 0 Å². The normalized spacial score (nSPS) is 20.8. The number of carboxylic acid groups (broad SMARTS) is 1. The van der Waals surface area contributed by atoms with Crippen LogP contribution < -0.4 is 0 Å². The SMILES string of the molecule is CC(F)(F)C1(O)c2ccccc2-c2ccc(C(=O)N3CC(OCC(=O)O)C3)cc21. The van der Waals surface area contributed by atoms with Gasteiger partial charge >= 0.3 is 5.97 Å². The first-order chi connectivity index (χ1) is 13.6. The van der Waals surface area contributed by atoms with E-state index in [1.165, 1.54) is 17.0 Å². The number of amides is 1. The van der Waals surface area contributed by atoms with Crippen LogP contribution in [0.3, 0.4) is 0 Å². The number of benzene rings is 2. The molecular weight excluding hydrogens is 384 g/mol. The van der Waals surface area contributed by atoms with Gasteiger partial charge < -0.3 is 19.8 Å². The maximum atomic E-state index is 14.5. The molecule has 0 radical (unpaired) electrons. The van der Waals surface area contributed by atoms with Crippen LogP contribution in [0, 0.1) is 0 Å². The smallest absolute Gasteiger partial charge is 0.329 e. The number of ether oxygens (including phenoxy) is 1. The number of aliphatic carboxylic acids is 1. The molecule has 1 amide bonds. The summed E-state index contributed by atoms with van der Waals surface area (Å²) in [6.07, 6.45) is -0.370. The summed E-state index contributed by atoms with van der Waals surface area (Å²) in [5.41, 5.74) is -1.27. The minimum atomic E-state index is -3.47. The Morgan fingerprint density at radius 3 is 2.48 bits per heavy atom. The van der Waals surface area contributed by atoms with Crippen molar-refractivity contribution >= 4 is 11.9 Å². The molecule has 0 saturated carbocycles. The summed E-state index contributed by atoms with van der Waals surface area (Å²) in [5.74, 6) is -4.95. The third-order valence-corrected chi connectivity index (χ3v) is 5.48. The van der Waals surface area contributed by atoms with Crippen molar-refractivity contribution in [2.75, 3.05) is 19.7 Å². The van der Waals surface area contributed by atoms with Crippen molar-refractivity contribution in [3.63, 3.8) is 0 Å². The fourth-order valence-electron chi connectivity index (χ4n) is 3.94. The van der Waals surface area contributed by atoms with Gasteiger partial charge in [-0.25, -0.2) is 13.6 Å². The van der Waals surface area contributed by atoms with Crippen LogP contribution in [0.25, 0.3) is 11.1 Å². The van der Waals surface area contributed by atoms with Gasteiger partial charge in [0.2, 0.25) is 0 Å². The molecule has 0 bridgehead atoms. The zero-order valence-corrected chi connectivity index (χ0v) is 15.6. The first kappa shape index (κ1) is 19.5. The molecule has 1 aliphatic heterocycles. The third-order valence-electron chi connectivity index (χ3n) is 5.48. The van der Waals surface area contributed by atoms with Gasteiger partial charge in [0.05, 0.1) is 6.10 Å². The van der Waals surface area contributed by atoms with E-state index in [9.17, 15) is 23.5 Å². The number of hydrogen-bond acceptors (Lipinski definition) is 4. The van der Waals surface area contributed by atoms with Crippen LogP contribution in [0.2, 0.25) is 0 Å². The highest BCUT2D eigenvalue weighted by Crippen LogP contribution is 2.54. The van der Waals surface area contributed by atoms with Crippen molar-refractivity contribution in [2.24, 2.45) is 0 Å². The lowest BCUT2D eigenvalue weighted by molar-refractivity contribution is -0.149. The topological polar surface area (TPSA) is 87.1 Å². The van der Waals surface area contributed by atoms with Gasteiger partial charge in [0.15, 0.2) is 5.60 Å². The molecule has 1 fully saturated rings. The Balaban J connectivity index is 1.63. The quantitative estimate of drug-likeness (QED) is 0.801. The zero-order chi connectivity index (χ0) is 21.0. The number of nitrogens with zero attached hydrogens (tertiary/aromatic N) is 1. The van der Waals surface area contributed by atoms with E-state index in [-0.39, 0.29) is 41.8 Å². The highest BCUT2D eigenvalue weighted by molar-refractivity contribution is 5.96. The van der Waals surface area contributed by atoms with Gasteiger partial charge in [0, 0.05) is 36.7 Å². The molecule has 0 spiro atoms. The van der Waals surface area contributed by atoms with Crippen molar-refractivity contribution in [1.82, 2.24) is 4.90 Å². The van der Waals surface area contributed by atoms with Crippen LogP contribution in [0.5, 0.6) is 0 Å². The van der Waals surface area contributed by atoms with E-state index in [2.05, 4.69) is 0 Å². The van der Waals surface area contributed by atoms with Gasteiger partial charge in [-0.3, -0.25) is 4.79 Å². The number of carboxylic acids is 1. The number of carbonyl (C=O) groups is 2. The van der Waals surface area contributed by atoms with Gasteiger partial charge in [-0.15, -0.1) is 0 Å². The van der Waals surface area contributed by atoms with E-state index in [4.69, 9.17) is 9.84 Å². The summed E-state index contributed by atoms with van der Waals surface area (Å²) < 4.78 is 34.2. The van der Waals surface area contributed by atoms with Crippen molar-refractivity contribution in [2.45, 2.75) is 24.6 Å². The van der Waals surface area contributed by atoms with Gasteiger partial charge in [-0.05, 0) is 23.3 Å². The monoisotopic (exact) mass is 403 g/mol. The molecule has 6 nitrogen and oxygen atoms in total. The van der Waals surface area contributed by atoms with Gasteiger partial charge in [0.25, 0.3) is 11.8 Å². The highest BCUT2D eigenvalue weighted by Gasteiger charge is 2.56. The predicted molar refractivity (Wildman–Crippen MR) is 98.8 cm³/mol. The summed E-state index contributed by atoms with van der Waals surface area (Å²) in [6, 6.07) is 10.9. The third kappa shape index (κ3) is 2.99. The predicted octanol–water partition coefficient (Wildman–Crippen LogP) is 2.48. The zero-order valence-electron chi connectivity index (χ0n) is 15.6. The second kappa shape index (κ2) is 6.60. The van der Waals surface area contributed by atoms with Gasteiger partial charge in [0.1, 0.15) is 6.61 Å². The first-order valence-electron chi connectivity index (χ1n) is 9.10. The number of halogens is 2. The average molecular weight is 403 g/mol. The van der Waals surface area contributed by atoms with Crippen LogP contribution in [0.15, 0.2) is 42.5 Å². The number of fused-ring (bicyclic) bond motifs is 3. The molecule has 1 atom stereocenters. The number of aliphatic hydroxyl groups is 1. The van der Waals surface area contributed by atoms with Gasteiger partial charge in [-0.1, -0.05) is 30.3 Å². The molecule has 152 valence electrons. The van der Waals surface area contributed by atoms with E-state index in [1.54, 1.807) is 30.3 Å². The Morgan fingerprint density at radius 2 is 1.83 bits per heavy atom. The van der Waals surface area contributed by atoms with Crippen molar-refractivity contribution in [3.05, 3.63) is 59.2 Å². The molecule has 1 saturated heterocycles. The maximum absolute atomic E-state index is 14.5. The molecule has 8 heteroatoms. The maximum Gasteiger partial charge on any atom is 0.329 e. The lowest BCUT2D eigenvalue weighted by Gasteiger charge is -2.38. The van der Waals surface area contributed by atoms with Crippen LogP contribution >= 0.6 is 0 Å². The molecule has 4 rings (SSSR count). The standard InChI is InChI=1S/C21H19F2NO5/c1-20(22,23)21(28)16-5-3-2-4-14(16)15-7-6-12(8-17(15)21)19(27)24-9-13(10-24)29-11-18(25)26/h2-8,13,28H,9-11H2,1H3,(H,25,26). The van der Waals surface area contributed by atoms with E-state index in [0.29, 0.717) is 18.1 Å². The fraction of sp³-hybridized carbons (Fsp3) is 0.333. The van der Waals surface area contributed by atoms with E-state index in [1.807, 2.05) is 0 Å². The highest BCUT2D eigenvalue weighted by atomic mass is 19.3. The number of alkyl halides is 2. The molecular formula is C21H19F2NO5. The minimum Gasteiger partial charge on any atom is -0.480 e. The molecule has 29 heavy (non-hydrogen) atoms. The number of hydrogen-bond donors (Lipinski definition) is 2. The molecule has 2 aromatic carbocycles. The van der Waals surface area contributed by atoms with Gasteiger partial charge in [-0.2, -0.15) is 0 Å².